The van der Waals surface area contributed by atoms with Gasteiger partial charge >= 0.3 is 0 Å². The third-order valence-corrected chi connectivity index (χ3v) is 4.15. The average molecular weight is 315 g/mol. The molecule has 23 heavy (non-hydrogen) atoms. The van der Waals surface area contributed by atoms with Gasteiger partial charge in [-0.1, -0.05) is 12.1 Å². The standard InChI is InChI=1S/C16H21N5O2/c1-3-12-6-4-5-9-21(12)15-8-7-13(18-19-15)16(22)17-14-10-11(2)23-20-14/h7-8,10,12H,3-6,9H2,1-2H3,(H,17,20,22). The van der Waals surface area contributed by atoms with E-state index in [4.69, 9.17) is 4.52 Å². The maximum Gasteiger partial charge on any atom is 0.277 e. The van der Waals surface area contributed by atoms with Crippen LogP contribution >= 0.6 is 0 Å². The molecule has 1 fully saturated rings. The van der Waals surface area contributed by atoms with E-state index in [1.807, 2.05) is 6.07 Å². The molecule has 2 aromatic rings. The number of nitrogens with zero attached hydrogens (tertiary/aromatic N) is 4. The van der Waals surface area contributed by atoms with Crippen LogP contribution in [0.3, 0.4) is 0 Å². The summed E-state index contributed by atoms with van der Waals surface area (Å²) in [6, 6.07) is 5.73. The Morgan fingerprint density at radius 3 is 2.91 bits per heavy atom. The summed E-state index contributed by atoms with van der Waals surface area (Å²) in [6.45, 7) is 4.95. The van der Waals surface area contributed by atoms with Crippen LogP contribution in [-0.2, 0) is 0 Å². The molecule has 2 aromatic heterocycles. The third-order valence-electron chi connectivity index (χ3n) is 4.15. The van der Waals surface area contributed by atoms with E-state index in [-0.39, 0.29) is 11.6 Å². The summed E-state index contributed by atoms with van der Waals surface area (Å²) in [5.41, 5.74) is 0.263. The van der Waals surface area contributed by atoms with Gasteiger partial charge in [-0.2, -0.15) is 0 Å². The minimum atomic E-state index is -0.344. The second kappa shape index (κ2) is 6.76. The van der Waals surface area contributed by atoms with Crippen LogP contribution in [0.1, 0.15) is 48.9 Å². The fourth-order valence-electron chi connectivity index (χ4n) is 2.93. The number of carbonyl (C=O) groups is 1. The summed E-state index contributed by atoms with van der Waals surface area (Å²) >= 11 is 0. The molecule has 0 aromatic carbocycles. The number of rotatable bonds is 4. The van der Waals surface area contributed by atoms with Crippen molar-refractivity contribution in [3.8, 4) is 0 Å². The van der Waals surface area contributed by atoms with Gasteiger partial charge in [0.05, 0.1) is 0 Å². The highest BCUT2D eigenvalue weighted by atomic mass is 16.5. The monoisotopic (exact) mass is 315 g/mol. The maximum atomic E-state index is 12.1. The Bertz CT molecular complexity index is 667. The Kier molecular flexibility index (Phi) is 4.55. The van der Waals surface area contributed by atoms with E-state index in [1.54, 1.807) is 19.1 Å². The Balaban J connectivity index is 1.69. The smallest absolute Gasteiger partial charge is 0.277 e. The number of aryl methyl sites for hydroxylation is 1. The van der Waals surface area contributed by atoms with Crippen molar-refractivity contribution in [3.63, 3.8) is 0 Å². The van der Waals surface area contributed by atoms with Crippen molar-refractivity contribution in [2.24, 2.45) is 0 Å². The molecule has 1 saturated heterocycles. The van der Waals surface area contributed by atoms with Crippen LogP contribution in [0.5, 0.6) is 0 Å². The van der Waals surface area contributed by atoms with Crippen molar-refractivity contribution in [2.45, 2.75) is 45.6 Å². The molecule has 1 aliphatic heterocycles. The molecule has 1 aliphatic rings. The first kappa shape index (κ1) is 15.5. The SMILES string of the molecule is CCC1CCCCN1c1ccc(C(=O)Nc2cc(C)on2)nn1. The molecule has 1 unspecified atom stereocenters. The predicted octanol–water partition coefficient (Wildman–Crippen LogP) is 2.79. The van der Waals surface area contributed by atoms with Gasteiger partial charge in [0, 0.05) is 18.7 Å². The first-order chi connectivity index (χ1) is 11.2. The fraction of sp³-hybridized carbons (Fsp3) is 0.500. The number of anilines is 2. The molecule has 3 rings (SSSR count). The van der Waals surface area contributed by atoms with Gasteiger partial charge in [-0.15, -0.1) is 10.2 Å². The zero-order chi connectivity index (χ0) is 16.2. The molecule has 0 radical (unpaired) electrons. The number of hydrogen-bond donors (Lipinski definition) is 1. The summed E-state index contributed by atoms with van der Waals surface area (Å²) in [7, 11) is 0. The molecule has 0 spiro atoms. The van der Waals surface area contributed by atoms with Crippen molar-refractivity contribution in [1.82, 2.24) is 15.4 Å². The van der Waals surface area contributed by atoms with E-state index < -0.39 is 0 Å². The number of piperidine rings is 1. The number of carbonyl (C=O) groups excluding carboxylic acids is 1. The minimum absolute atomic E-state index is 0.263. The lowest BCUT2D eigenvalue weighted by molar-refractivity contribution is 0.102. The highest BCUT2D eigenvalue weighted by Crippen LogP contribution is 2.24. The molecule has 0 saturated carbocycles. The van der Waals surface area contributed by atoms with Gasteiger partial charge in [-0.05, 0) is 44.7 Å². The number of hydrogen-bond acceptors (Lipinski definition) is 6. The fourth-order valence-corrected chi connectivity index (χ4v) is 2.93. The second-order valence-corrected chi connectivity index (χ2v) is 5.80. The van der Waals surface area contributed by atoms with Gasteiger partial charge < -0.3 is 14.7 Å². The van der Waals surface area contributed by atoms with Gasteiger partial charge in [-0.3, -0.25) is 4.79 Å². The molecule has 0 bridgehead atoms. The molecule has 1 amide bonds. The van der Waals surface area contributed by atoms with Gasteiger partial charge in [0.15, 0.2) is 17.3 Å². The Hall–Kier alpha value is -2.44. The molecular formula is C16H21N5O2. The molecule has 0 aliphatic carbocycles. The lowest BCUT2D eigenvalue weighted by atomic mass is 10.0. The molecule has 1 N–H and O–H groups in total. The molecule has 7 nitrogen and oxygen atoms in total. The Morgan fingerprint density at radius 2 is 2.26 bits per heavy atom. The van der Waals surface area contributed by atoms with Crippen molar-refractivity contribution >= 4 is 17.5 Å². The van der Waals surface area contributed by atoms with E-state index in [9.17, 15) is 4.79 Å². The molecule has 3 heterocycles. The lowest BCUT2D eigenvalue weighted by Gasteiger charge is -2.35. The van der Waals surface area contributed by atoms with E-state index >= 15 is 0 Å². The second-order valence-electron chi connectivity index (χ2n) is 5.80. The van der Waals surface area contributed by atoms with Crippen molar-refractivity contribution < 1.29 is 9.32 Å². The van der Waals surface area contributed by atoms with E-state index in [2.05, 4.69) is 32.5 Å². The largest absolute Gasteiger partial charge is 0.360 e. The summed E-state index contributed by atoms with van der Waals surface area (Å²) in [6.07, 6.45) is 4.72. The van der Waals surface area contributed by atoms with Crippen LogP contribution in [0.2, 0.25) is 0 Å². The molecular weight excluding hydrogens is 294 g/mol. The van der Waals surface area contributed by atoms with Crippen LogP contribution in [0.25, 0.3) is 0 Å². The van der Waals surface area contributed by atoms with E-state index in [1.165, 1.54) is 19.3 Å². The molecule has 1 atom stereocenters. The van der Waals surface area contributed by atoms with Crippen LogP contribution in [0.15, 0.2) is 22.7 Å². The topological polar surface area (TPSA) is 84.2 Å². The summed E-state index contributed by atoms with van der Waals surface area (Å²) in [4.78, 5) is 14.4. The average Bonchev–Trinajstić information content (AvgIpc) is 3.00. The summed E-state index contributed by atoms with van der Waals surface area (Å²) in [5, 5.41) is 14.7. The van der Waals surface area contributed by atoms with E-state index in [0.717, 1.165) is 18.8 Å². The molecule has 7 heteroatoms. The third kappa shape index (κ3) is 3.49. The normalized spacial score (nSPS) is 18.0. The van der Waals surface area contributed by atoms with Crippen LogP contribution < -0.4 is 10.2 Å². The van der Waals surface area contributed by atoms with Gasteiger partial charge in [-0.25, -0.2) is 0 Å². The van der Waals surface area contributed by atoms with Crippen molar-refractivity contribution in [1.29, 1.82) is 0 Å². The maximum absolute atomic E-state index is 12.1. The van der Waals surface area contributed by atoms with Gasteiger partial charge in [0.2, 0.25) is 0 Å². The predicted molar refractivity (Wildman–Crippen MR) is 86.5 cm³/mol. The highest BCUT2D eigenvalue weighted by molar-refractivity contribution is 6.02. The number of aromatic nitrogens is 3. The highest BCUT2D eigenvalue weighted by Gasteiger charge is 2.22. The van der Waals surface area contributed by atoms with Gasteiger partial charge in [0.1, 0.15) is 5.76 Å². The number of nitrogens with one attached hydrogen (secondary N) is 1. The van der Waals surface area contributed by atoms with Crippen molar-refractivity contribution in [3.05, 3.63) is 29.7 Å². The zero-order valence-electron chi connectivity index (χ0n) is 13.5. The first-order valence-electron chi connectivity index (χ1n) is 8.02. The Morgan fingerprint density at radius 1 is 1.39 bits per heavy atom. The first-order valence-corrected chi connectivity index (χ1v) is 8.02. The quantitative estimate of drug-likeness (QED) is 0.934. The summed E-state index contributed by atoms with van der Waals surface area (Å²) in [5.74, 6) is 1.51. The van der Waals surface area contributed by atoms with Crippen molar-refractivity contribution in [2.75, 3.05) is 16.8 Å². The summed E-state index contributed by atoms with van der Waals surface area (Å²) < 4.78 is 4.92. The number of amides is 1. The van der Waals surface area contributed by atoms with Crippen LogP contribution in [0, 0.1) is 6.92 Å². The zero-order valence-corrected chi connectivity index (χ0v) is 13.5. The van der Waals surface area contributed by atoms with E-state index in [0.29, 0.717) is 17.6 Å². The molecule has 122 valence electrons. The van der Waals surface area contributed by atoms with Crippen LogP contribution in [0.4, 0.5) is 11.6 Å². The van der Waals surface area contributed by atoms with Crippen LogP contribution in [-0.4, -0.2) is 33.8 Å². The lowest BCUT2D eigenvalue weighted by Crippen LogP contribution is -2.39. The Labute approximate surface area is 135 Å². The van der Waals surface area contributed by atoms with Gasteiger partial charge in [0.25, 0.3) is 5.91 Å². The minimum Gasteiger partial charge on any atom is -0.360 e.